The lowest BCUT2D eigenvalue weighted by Crippen LogP contribution is -2.33. The molecule has 35 heavy (non-hydrogen) atoms. The minimum atomic E-state index is -0.518. The number of amides is 1. The number of para-hydroxylation sites is 2. The summed E-state index contributed by atoms with van der Waals surface area (Å²) in [5, 5.41) is 2.79. The van der Waals surface area contributed by atoms with Crippen molar-refractivity contribution in [1.82, 2.24) is 35.1 Å². The van der Waals surface area contributed by atoms with Crippen LogP contribution in [0.1, 0.15) is 48.8 Å². The molecule has 3 aromatic heterocycles. The fourth-order valence-corrected chi connectivity index (χ4v) is 4.66. The Morgan fingerprint density at radius 2 is 2.06 bits per heavy atom. The van der Waals surface area contributed by atoms with Crippen LogP contribution in [0, 0.1) is 0 Å². The van der Waals surface area contributed by atoms with Crippen molar-refractivity contribution >= 4 is 17.1 Å². The van der Waals surface area contributed by atoms with Gasteiger partial charge in [-0.25, -0.2) is 14.8 Å². The lowest BCUT2D eigenvalue weighted by molar-refractivity contribution is 0.159. The number of hydrogen-bond acceptors (Lipinski definition) is 7. The Balaban J connectivity index is 1.21. The van der Waals surface area contributed by atoms with Gasteiger partial charge in [-0.3, -0.25) is 14.9 Å². The van der Waals surface area contributed by atoms with Crippen LogP contribution >= 0.6 is 0 Å². The molecule has 5 rings (SSSR count). The molecule has 180 valence electrons. The van der Waals surface area contributed by atoms with E-state index in [1.54, 1.807) is 0 Å². The number of H-pyrrole nitrogens is 1. The lowest BCUT2D eigenvalue weighted by Gasteiger charge is -2.34. The Morgan fingerprint density at radius 3 is 2.94 bits per heavy atom. The molecule has 0 saturated heterocycles. The second-order valence-electron chi connectivity index (χ2n) is 8.69. The van der Waals surface area contributed by atoms with E-state index < -0.39 is 6.09 Å². The van der Waals surface area contributed by atoms with Crippen molar-refractivity contribution in [3.05, 3.63) is 78.3 Å². The molecule has 9 nitrogen and oxygen atoms in total. The molecule has 1 aliphatic carbocycles. The van der Waals surface area contributed by atoms with Gasteiger partial charge in [0, 0.05) is 25.1 Å². The monoisotopic (exact) mass is 471 g/mol. The van der Waals surface area contributed by atoms with Crippen LogP contribution in [-0.2, 0) is 13.0 Å². The Kier molecular flexibility index (Phi) is 7.24. The average Bonchev–Trinajstić information content (AvgIpc) is 3.30. The number of aromatic amines is 1. The Labute approximate surface area is 204 Å². The number of imidazole rings is 1. The molecule has 0 bridgehead atoms. The molecular formula is C26H29N7O2. The zero-order chi connectivity index (χ0) is 23.9. The number of nitrogens with one attached hydrogen (secondary N) is 2. The fourth-order valence-electron chi connectivity index (χ4n) is 4.66. The molecule has 1 aliphatic rings. The van der Waals surface area contributed by atoms with E-state index >= 15 is 0 Å². The molecule has 1 amide bonds. The summed E-state index contributed by atoms with van der Waals surface area (Å²) >= 11 is 0. The zero-order valence-corrected chi connectivity index (χ0v) is 19.6. The molecule has 0 saturated carbocycles. The molecule has 4 aromatic rings. The summed E-state index contributed by atoms with van der Waals surface area (Å²) in [7, 11) is 0. The van der Waals surface area contributed by atoms with Crippen molar-refractivity contribution in [2.45, 2.75) is 44.7 Å². The van der Waals surface area contributed by atoms with E-state index in [1.807, 2.05) is 30.5 Å². The van der Waals surface area contributed by atoms with Gasteiger partial charge in [-0.2, -0.15) is 0 Å². The molecular weight excluding hydrogens is 442 g/mol. The third-order valence-electron chi connectivity index (χ3n) is 6.28. The molecule has 3 heterocycles. The number of pyridine rings is 1. The van der Waals surface area contributed by atoms with Gasteiger partial charge in [0.15, 0.2) is 0 Å². The van der Waals surface area contributed by atoms with Crippen molar-refractivity contribution in [2.24, 2.45) is 0 Å². The van der Waals surface area contributed by atoms with Gasteiger partial charge in [-0.1, -0.05) is 18.2 Å². The van der Waals surface area contributed by atoms with E-state index in [1.165, 1.54) is 29.8 Å². The molecule has 1 atom stereocenters. The van der Waals surface area contributed by atoms with Crippen molar-refractivity contribution in [3.8, 4) is 5.88 Å². The average molecular weight is 472 g/mol. The summed E-state index contributed by atoms with van der Waals surface area (Å²) in [5.74, 6) is 1.14. The number of unbranched alkanes of at least 4 members (excludes halogenated alkanes) is 1. The number of ether oxygens (including phenoxy) is 1. The SMILES string of the molecule is O=C(NCCCCN(Cc1nc2ccccc2[nH]1)[C@H]1CCCc2cccnc21)Oc1cnccn1. The second kappa shape index (κ2) is 11.1. The highest BCUT2D eigenvalue weighted by Crippen LogP contribution is 2.33. The maximum absolute atomic E-state index is 12.0. The number of rotatable bonds is 9. The van der Waals surface area contributed by atoms with Crippen LogP contribution in [0.15, 0.2) is 61.2 Å². The number of carbonyl (C=O) groups excluding carboxylic acids is 1. The first-order valence-corrected chi connectivity index (χ1v) is 12.1. The highest BCUT2D eigenvalue weighted by atomic mass is 16.6. The predicted octanol–water partition coefficient (Wildman–Crippen LogP) is 4.20. The van der Waals surface area contributed by atoms with Gasteiger partial charge in [0.05, 0.1) is 35.5 Å². The number of aromatic nitrogens is 5. The van der Waals surface area contributed by atoms with Crippen molar-refractivity contribution in [2.75, 3.05) is 13.1 Å². The van der Waals surface area contributed by atoms with Gasteiger partial charge < -0.3 is 15.0 Å². The summed E-state index contributed by atoms with van der Waals surface area (Å²) in [6.07, 6.45) is 10.8. The summed E-state index contributed by atoms with van der Waals surface area (Å²) in [6.45, 7) is 2.12. The number of benzene rings is 1. The quantitative estimate of drug-likeness (QED) is 0.352. The number of fused-ring (bicyclic) bond motifs is 2. The maximum atomic E-state index is 12.0. The van der Waals surface area contributed by atoms with Crippen molar-refractivity contribution in [1.29, 1.82) is 0 Å². The van der Waals surface area contributed by atoms with Gasteiger partial charge in [-0.05, 0) is 62.4 Å². The number of aryl methyl sites for hydroxylation is 1. The van der Waals surface area contributed by atoms with E-state index in [4.69, 9.17) is 14.7 Å². The van der Waals surface area contributed by atoms with Crippen LogP contribution in [0.2, 0.25) is 0 Å². The third kappa shape index (κ3) is 5.81. The highest BCUT2D eigenvalue weighted by Gasteiger charge is 2.27. The third-order valence-corrected chi connectivity index (χ3v) is 6.28. The van der Waals surface area contributed by atoms with Crippen LogP contribution < -0.4 is 10.1 Å². The summed E-state index contributed by atoms with van der Waals surface area (Å²) in [6, 6.07) is 12.6. The first-order valence-electron chi connectivity index (χ1n) is 12.1. The van der Waals surface area contributed by atoms with Gasteiger partial charge in [0.25, 0.3) is 0 Å². The van der Waals surface area contributed by atoms with E-state index in [0.29, 0.717) is 6.54 Å². The van der Waals surface area contributed by atoms with Crippen LogP contribution in [-0.4, -0.2) is 49.0 Å². The first-order chi connectivity index (χ1) is 17.3. The van der Waals surface area contributed by atoms with Gasteiger partial charge >= 0.3 is 6.09 Å². The molecule has 0 radical (unpaired) electrons. The minimum absolute atomic E-state index is 0.186. The first kappa shape index (κ1) is 22.9. The molecule has 2 N–H and O–H groups in total. The molecule has 0 spiro atoms. The second-order valence-corrected chi connectivity index (χ2v) is 8.69. The Morgan fingerprint density at radius 1 is 1.11 bits per heavy atom. The molecule has 1 aromatic carbocycles. The van der Waals surface area contributed by atoms with Crippen LogP contribution in [0.25, 0.3) is 11.0 Å². The number of carbonyl (C=O) groups is 1. The normalized spacial score (nSPS) is 15.2. The van der Waals surface area contributed by atoms with E-state index in [-0.39, 0.29) is 11.9 Å². The number of nitrogens with zero attached hydrogens (tertiary/aromatic N) is 5. The largest absolute Gasteiger partial charge is 0.413 e. The van der Waals surface area contributed by atoms with Crippen LogP contribution in [0.5, 0.6) is 5.88 Å². The number of hydrogen-bond donors (Lipinski definition) is 2. The van der Waals surface area contributed by atoms with Gasteiger partial charge in [-0.15, -0.1) is 0 Å². The summed E-state index contributed by atoms with van der Waals surface area (Å²) in [4.78, 5) is 35.3. The zero-order valence-electron chi connectivity index (χ0n) is 19.6. The van der Waals surface area contributed by atoms with E-state index in [0.717, 1.165) is 62.1 Å². The van der Waals surface area contributed by atoms with E-state index in [2.05, 4.69) is 37.3 Å². The minimum Gasteiger partial charge on any atom is -0.390 e. The smallest absolute Gasteiger partial charge is 0.390 e. The molecule has 0 unspecified atom stereocenters. The van der Waals surface area contributed by atoms with Crippen LogP contribution in [0.3, 0.4) is 0 Å². The topological polar surface area (TPSA) is 109 Å². The molecule has 0 aliphatic heterocycles. The van der Waals surface area contributed by atoms with Crippen molar-refractivity contribution < 1.29 is 9.53 Å². The highest BCUT2D eigenvalue weighted by molar-refractivity contribution is 5.74. The predicted molar refractivity (Wildman–Crippen MR) is 132 cm³/mol. The van der Waals surface area contributed by atoms with Gasteiger partial charge in [0.1, 0.15) is 5.82 Å². The van der Waals surface area contributed by atoms with E-state index in [9.17, 15) is 4.79 Å². The summed E-state index contributed by atoms with van der Waals surface area (Å²) in [5.41, 5.74) is 4.55. The fraction of sp³-hybridized carbons (Fsp3) is 0.346. The lowest BCUT2D eigenvalue weighted by atomic mass is 9.90. The van der Waals surface area contributed by atoms with Crippen LogP contribution in [0.4, 0.5) is 4.79 Å². The Bertz CT molecular complexity index is 1230. The standard InChI is InChI=1S/C26H29N7O2/c34-26(35-24-17-27-14-15-28-24)30-12-3-4-16-33(18-23-31-20-9-1-2-10-21(20)32-23)22-11-5-7-19-8-6-13-29-25(19)22/h1-2,6,8-10,13-15,17,22H,3-5,7,11-12,16,18H2,(H,30,34)(H,31,32)/t22-/m0/s1. The molecule has 0 fully saturated rings. The maximum Gasteiger partial charge on any atom is 0.413 e. The van der Waals surface area contributed by atoms with Gasteiger partial charge in [0.2, 0.25) is 5.88 Å². The Hall–Kier alpha value is -3.85. The van der Waals surface area contributed by atoms with Crippen molar-refractivity contribution in [3.63, 3.8) is 0 Å². The summed E-state index contributed by atoms with van der Waals surface area (Å²) < 4.78 is 5.13. The molecule has 9 heteroatoms.